The summed E-state index contributed by atoms with van der Waals surface area (Å²) < 4.78 is 7.64. The average Bonchev–Trinajstić information content (AvgIpc) is 3.44. The fourth-order valence-corrected chi connectivity index (χ4v) is 8.54. The summed E-state index contributed by atoms with van der Waals surface area (Å²) in [6.45, 7) is 12.5. The van der Waals surface area contributed by atoms with E-state index >= 15 is 4.79 Å². The van der Waals surface area contributed by atoms with Crippen molar-refractivity contribution in [3.05, 3.63) is 117 Å². The van der Waals surface area contributed by atoms with E-state index in [0.29, 0.717) is 44.6 Å². The molecule has 9 heteroatoms. The zero-order valence-corrected chi connectivity index (χ0v) is 32.5. The molecule has 3 aromatic carbocycles. The Hall–Kier alpha value is -4.73. The molecule has 3 aliphatic rings. The van der Waals surface area contributed by atoms with Gasteiger partial charge in [-0.05, 0) is 85.0 Å². The molecular formula is C45H55N5O4. The number of ether oxygens (including phenoxy) is 1. The van der Waals surface area contributed by atoms with Crippen molar-refractivity contribution < 1.29 is 19.1 Å². The quantitative estimate of drug-likeness (QED) is 0.201. The molecule has 0 saturated carbocycles. The highest BCUT2D eigenvalue weighted by Gasteiger charge is 2.33. The maximum absolute atomic E-state index is 15.1. The van der Waals surface area contributed by atoms with Gasteiger partial charge in [0.25, 0.3) is 11.8 Å². The Balaban J connectivity index is 1.27. The Labute approximate surface area is 320 Å². The Morgan fingerprint density at radius 1 is 0.889 bits per heavy atom. The van der Waals surface area contributed by atoms with Crippen molar-refractivity contribution in [2.24, 2.45) is 7.05 Å². The number of unbranched alkanes of at least 4 members (excludes halogenated alkanes) is 1. The molecule has 1 N–H and O–H groups in total. The van der Waals surface area contributed by atoms with Gasteiger partial charge in [0.2, 0.25) is 5.91 Å². The first kappa shape index (κ1) is 37.6. The van der Waals surface area contributed by atoms with Crippen LogP contribution in [0.25, 0.3) is 11.3 Å². The van der Waals surface area contributed by atoms with Crippen LogP contribution in [0.3, 0.4) is 0 Å². The van der Waals surface area contributed by atoms with E-state index in [2.05, 4.69) is 59.0 Å². The summed E-state index contributed by atoms with van der Waals surface area (Å²) in [7, 11) is 2.03. The zero-order valence-electron chi connectivity index (χ0n) is 32.5. The van der Waals surface area contributed by atoms with Crippen molar-refractivity contribution in [2.75, 3.05) is 45.9 Å². The van der Waals surface area contributed by atoms with Crippen molar-refractivity contribution >= 4 is 17.7 Å². The normalized spacial score (nSPS) is 17.2. The lowest BCUT2D eigenvalue weighted by atomic mass is 9.88. The van der Waals surface area contributed by atoms with Crippen LogP contribution in [0.5, 0.6) is 0 Å². The molecule has 3 aliphatic heterocycles. The predicted octanol–water partition coefficient (Wildman–Crippen LogP) is 6.12. The second-order valence-corrected chi connectivity index (χ2v) is 15.3. The number of hydrogen-bond donors (Lipinski definition) is 1. The molecule has 0 unspecified atom stereocenters. The highest BCUT2D eigenvalue weighted by molar-refractivity contribution is 6.04. The van der Waals surface area contributed by atoms with Crippen LogP contribution >= 0.6 is 0 Å². The van der Waals surface area contributed by atoms with Gasteiger partial charge < -0.3 is 24.4 Å². The molecule has 1 saturated heterocycles. The number of carbonyl (C=O) groups excluding carboxylic acids is 3. The van der Waals surface area contributed by atoms with Crippen LogP contribution in [-0.2, 0) is 55.4 Å². The van der Waals surface area contributed by atoms with Crippen LogP contribution in [0.4, 0.5) is 0 Å². The SMILES string of the molecule is CCCCc1c(C(=O)NCCN2CCOCC2)c(C)n(C)c1-c1cc2c(cc1C(=O)N1Cc3ccccc3C[C@H]1C)CN(C(=O)Cc1ccccc1)CC2. The second kappa shape index (κ2) is 16.7. The van der Waals surface area contributed by atoms with Crippen molar-refractivity contribution in [3.8, 4) is 11.3 Å². The van der Waals surface area contributed by atoms with Crippen molar-refractivity contribution in [1.29, 1.82) is 0 Å². The van der Waals surface area contributed by atoms with E-state index < -0.39 is 0 Å². The third-order valence-corrected chi connectivity index (χ3v) is 11.8. The molecule has 54 heavy (non-hydrogen) atoms. The third-order valence-electron chi connectivity index (χ3n) is 11.8. The van der Waals surface area contributed by atoms with Gasteiger partial charge in [0.15, 0.2) is 0 Å². The predicted molar refractivity (Wildman–Crippen MR) is 213 cm³/mol. The largest absolute Gasteiger partial charge is 0.379 e. The molecule has 4 heterocycles. The van der Waals surface area contributed by atoms with Crippen molar-refractivity contribution in [3.63, 3.8) is 0 Å². The van der Waals surface area contributed by atoms with Crippen molar-refractivity contribution in [1.82, 2.24) is 24.6 Å². The molecule has 0 spiro atoms. The Bertz CT molecular complexity index is 2000. The molecular weight excluding hydrogens is 675 g/mol. The minimum absolute atomic E-state index is 0.0145. The molecule has 9 nitrogen and oxygen atoms in total. The summed E-state index contributed by atoms with van der Waals surface area (Å²) in [5, 5.41) is 3.24. The first-order chi connectivity index (χ1) is 26.2. The summed E-state index contributed by atoms with van der Waals surface area (Å²) >= 11 is 0. The first-order valence-corrected chi connectivity index (χ1v) is 19.9. The van der Waals surface area contributed by atoms with Gasteiger partial charge >= 0.3 is 0 Å². The smallest absolute Gasteiger partial charge is 0.255 e. The maximum Gasteiger partial charge on any atom is 0.255 e. The van der Waals surface area contributed by atoms with E-state index in [1.165, 1.54) is 11.1 Å². The fourth-order valence-electron chi connectivity index (χ4n) is 8.54. The lowest BCUT2D eigenvalue weighted by Gasteiger charge is -2.36. The number of morpholine rings is 1. The van der Waals surface area contributed by atoms with Gasteiger partial charge in [0.05, 0.1) is 30.9 Å². The van der Waals surface area contributed by atoms with Crippen LogP contribution in [0.2, 0.25) is 0 Å². The number of amides is 3. The lowest BCUT2D eigenvalue weighted by Crippen LogP contribution is -2.43. The fraction of sp³-hybridized carbons (Fsp3) is 0.444. The summed E-state index contributed by atoms with van der Waals surface area (Å²) in [5.41, 5.74) is 10.7. The van der Waals surface area contributed by atoms with Gasteiger partial charge in [-0.1, -0.05) is 67.9 Å². The third kappa shape index (κ3) is 7.89. The van der Waals surface area contributed by atoms with Crippen LogP contribution in [0.15, 0.2) is 66.7 Å². The van der Waals surface area contributed by atoms with E-state index in [4.69, 9.17) is 4.74 Å². The number of hydrogen-bond acceptors (Lipinski definition) is 5. The number of nitrogens with one attached hydrogen (secondary N) is 1. The monoisotopic (exact) mass is 729 g/mol. The Kier molecular flexibility index (Phi) is 11.6. The number of fused-ring (bicyclic) bond motifs is 2. The summed E-state index contributed by atoms with van der Waals surface area (Å²) in [4.78, 5) is 49.0. The maximum atomic E-state index is 15.1. The molecule has 1 aromatic heterocycles. The van der Waals surface area contributed by atoms with Gasteiger partial charge in [-0.15, -0.1) is 0 Å². The Morgan fingerprint density at radius 2 is 1.63 bits per heavy atom. The molecule has 0 aliphatic carbocycles. The van der Waals surface area contributed by atoms with E-state index in [0.717, 1.165) is 103 Å². The molecule has 3 amide bonds. The van der Waals surface area contributed by atoms with Gasteiger partial charge in [-0.3, -0.25) is 19.3 Å². The van der Waals surface area contributed by atoms with Crippen LogP contribution in [0.1, 0.15) is 86.5 Å². The van der Waals surface area contributed by atoms with E-state index in [1.807, 2.05) is 60.2 Å². The highest BCUT2D eigenvalue weighted by atomic mass is 16.5. The lowest BCUT2D eigenvalue weighted by molar-refractivity contribution is -0.131. The van der Waals surface area contributed by atoms with Gasteiger partial charge in [-0.2, -0.15) is 0 Å². The summed E-state index contributed by atoms with van der Waals surface area (Å²) in [5.74, 6) is 0.0157. The number of rotatable bonds is 11. The first-order valence-electron chi connectivity index (χ1n) is 19.9. The number of nitrogens with zero attached hydrogens (tertiary/aromatic N) is 4. The number of benzene rings is 3. The minimum atomic E-state index is -0.0617. The molecule has 1 atom stereocenters. The topological polar surface area (TPSA) is 87.1 Å². The molecule has 4 aromatic rings. The van der Waals surface area contributed by atoms with Crippen molar-refractivity contribution in [2.45, 2.75) is 78.4 Å². The minimum Gasteiger partial charge on any atom is -0.379 e. The highest BCUT2D eigenvalue weighted by Crippen LogP contribution is 2.38. The van der Waals surface area contributed by atoms with Crippen LogP contribution < -0.4 is 5.32 Å². The number of carbonyl (C=O) groups is 3. The van der Waals surface area contributed by atoms with E-state index in [-0.39, 0.29) is 23.8 Å². The molecule has 7 rings (SSSR count). The molecule has 0 bridgehead atoms. The van der Waals surface area contributed by atoms with Gasteiger partial charge in [0, 0.05) is 75.7 Å². The molecule has 1 fully saturated rings. The second-order valence-electron chi connectivity index (χ2n) is 15.3. The summed E-state index contributed by atoms with van der Waals surface area (Å²) in [6, 6.07) is 22.6. The average molecular weight is 730 g/mol. The molecule has 284 valence electrons. The zero-order chi connectivity index (χ0) is 37.8. The van der Waals surface area contributed by atoms with Crippen LogP contribution in [0, 0.1) is 6.92 Å². The summed E-state index contributed by atoms with van der Waals surface area (Å²) in [6.07, 6.45) is 4.50. The van der Waals surface area contributed by atoms with Crippen LogP contribution in [-0.4, -0.2) is 89.0 Å². The van der Waals surface area contributed by atoms with E-state index in [9.17, 15) is 9.59 Å². The Morgan fingerprint density at radius 3 is 2.39 bits per heavy atom. The van der Waals surface area contributed by atoms with Gasteiger partial charge in [-0.25, -0.2) is 0 Å². The standard InChI is InChI=1S/C45H55N5O4/c1-5-6-16-38-42(44(52)46-18-20-48-21-23-54-24-22-48)32(3)47(4)43(38)39-27-35-17-19-49(41(51)26-33-12-8-7-9-13-33)29-37(35)28-40(39)45(53)50-30-36-15-11-10-14-34(36)25-31(50)2/h7-15,27-28,31H,5-6,16-26,29-30H2,1-4H3,(H,46,52)/t31-/m1/s1. The van der Waals surface area contributed by atoms with Gasteiger partial charge in [0.1, 0.15) is 0 Å². The molecule has 0 radical (unpaired) electrons. The van der Waals surface area contributed by atoms with E-state index in [1.54, 1.807) is 0 Å². The number of aromatic nitrogens is 1.